The van der Waals surface area contributed by atoms with E-state index in [9.17, 15) is 5.26 Å². The summed E-state index contributed by atoms with van der Waals surface area (Å²) in [4.78, 5) is 9.33. The molecule has 3 aromatic heterocycles. The summed E-state index contributed by atoms with van der Waals surface area (Å²) < 4.78 is 14.9. The summed E-state index contributed by atoms with van der Waals surface area (Å²) in [6.45, 7) is 17.5. The molecule has 0 amide bonds. The van der Waals surface area contributed by atoms with Crippen LogP contribution in [0.5, 0.6) is 0 Å². The van der Waals surface area contributed by atoms with Gasteiger partial charge in [0.05, 0.1) is 13.7 Å². The van der Waals surface area contributed by atoms with Gasteiger partial charge in [0.2, 0.25) is 0 Å². The third-order valence-electron chi connectivity index (χ3n) is 10.0. The third-order valence-corrected chi connectivity index (χ3v) is 12.0. The molecule has 0 atom stereocenters. The fourth-order valence-electron chi connectivity index (χ4n) is 7.28. The number of para-hydroxylation sites is 1. The van der Waals surface area contributed by atoms with Crippen LogP contribution in [0.15, 0.2) is 138 Å². The van der Waals surface area contributed by atoms with Crippen LogP contribution in [0.25, 0.3) is 66.7 Å². The molecule has 0 aliphatic carbocycles. The van der Waals surface area contributed by atoms with Crippen LogP contribution >= 0.6 is 0 Å². The van der Waals surface area contributed by atoms with E-state index in [-0.39, 0.29) is 25.5 Å². The van der Waals surface area contributed by atoms with E-state index in [0.717, 1.165) is 78.7 Å². The zero-order valence-corrected chi connectivity index (χ0v) is 37.9. The van der Waals surface area contributed by atoms with Crippen molar-refractivity contribution in [3.05, 3.63) is 163 Å². The minimum atomic E-state index is -1.63. The van der Waals surface area contributed by atoms with Gasteiger partial charge in [-0.3, -0.25) is 0 Å². The van der Waals surface area contributed by atoms with Crippen LogP contribution in [0.4, 0.5) is 0 Å². The first-order valence-corrected chi connectivity index (χ1v) is 23.0. The molecule has 3 heterocycles. The standard InChI is InChI=1S/C28H24NO.C24H25N2Si.Ir/c1-28(2,3)18-19-14-15-29-25(16-19)21-12-13-26-24(17-21)23-11-7-10-22(27(23)30-26)20-8-5-4-6-9-20;1-17(2)21-14-23(26-16-24(21)27(3,4)5)19-11-12-20(15-25)22(13-19)18-9-7-6-8-10-18;/h4-11,13-17H,18H2,1-3H3;6-10,12-14,16-17H,1-5H3;/q2*-1;/i;17D;. The molecule has 1 radical (unpaired) electrons. The summed E-state index contributed by atoms with van der Waals surface area (Å²) >= 11 is 0. The van der Waals surface area contributed by atoms with Gasteiger partial charge in [-0.25, -0.2) is 5.26 Å². The van der Waals surface area contributed by atoms with E-state index in [4.69, 9.17) is 10.8 Å². The second-order valence-corrected chi connectivity index (χ2v) is 22.1. The van der Waals surface area contributed by atoms with Crippen molar-refractivity contribution in [2.75, 3.05) is 0 Å². The molecule has 0 saturated carbocycles. The number of pyridine rings is 2. The molecule has 0 unspecified atom stereocenters. The Hall–Kier alpha value is -5.44. The summed E-state index contributed by atoms with van der Waals surface area (Å²) in [5.74, 6) is -0.706. The summed E-state index contributed by atoms with van der Waals surface area (Å²) in [7, 11) is -1.63. The van der Waals surface area contributed by atoms with E-state index in [0.29, 0.717) is 5.56 Å². The molecule has 58 heavy (non-hydrogen) atoms. The molecular weight excluding hydrogens is 903 g/mol. The Labute approximate surface area is 359 Å². The van der Waals surface area contributed by atoms with Crippen molar-refractivity contribution in [2.24, 2.45) is 5.41 Å². The van der Waals surface area contributed by atoms with Gasteiger partial charge in [-0.1, -0.05) is 167 Å². The summed E-state index contributed by atoms with van der Waals surface area (Å²) in [6, 6.07) is 49.6. The second kappa shape index (κ2) is 17.6. The zero-order chi connectivity index (χ0) is 41.2. The van der Waals surface area contributed by atoms with Gasteiger partial charge in [0.15, 0.2) is 0 Å². The maximum atomic E-state index is 9.51. The number of hydrogen-bond acceptors (Lipinski definition) is 4. The van der Waals surface area contributed by atoms with Crippen molar-refractivity contribution in [3.63, 3.8) is 0 Å². The molecule has 0 fully saturated rings. The number of nitrogens with zero attached hydrogens (tertiary/aromatic N) is 3. The van der Waals surface area contributed by atoms with E-state index in [1.807, 2.05) is 80.8 Å². The molecule has 5 aromatic carbocycles. The van der Waals surface area contributed by atoms with E-state index < -0.39 is 14.0 Å². The number of benzene rings is 5. The first-order chi connectivity index (χ1) is 27.6. The smallest absolute Gasteiger partial charge is 0.128 e. The van der Waals surface area contributed by atoms with Gasteiger partial charge >= 0.3 is 0 Å². The van der Waals surface area contributed by atoms with Gasteiger partial charge in [-0.15, -0.1) is 47.5 Å². The molecule has 0 aliphatic heterocycles. The average molecular weight is 953 g/mol. The van der Waals surface area contributed by atoms with E-state index in [2.05, 4.69) is 124 Å². The maximum absolute atomic E-state index is 9.51. The molecule has 8 aromatic rings. The summed E-state index contributed by atoms with van der Waals surface area (Å²) in [6.07, 6.45) is 4.86. The van der Waals surface area contributed by atoms with Crippen LogP contribution in [0.1, 0.15) is 58.6 Å². The molecular formula is C52H49IrN3OSi-2. The number of fused-ring (bicyclic) bond motifs is 3. The number of rotatable bonds is 7. The first-order valence-electron chi connectivity index (χ1n) is 20.0. The van der Waals surface area contributed by atoms with Crippen LogP contribution in [0.3, 0.4) is 0 Å². The number of furan rings is 1. The predicted octanol–water partition coefficient (Wildman–Crippen LogP) is 13.5. The Morgan fingerprint density at radius 2 is 1.40 bits per heavy atom. The summed E-state index contributed by atoms with van der Waals surface area (Å²) in [5.41, 5.74) is 12.6. The Kier molecular flexibility index (Phi) is 12.4. The quantitative estimate of drug-likeness (QED) is 0.118. The SMILES string of the molecule is CC(C)(C)Cc1ccnc(-c2[c-]cc3oc4c(-c5ccccc5)cccc4c3c2)c1.[2H]C(C)(C)c1cc(-c2[c-]cc(C#N)c(-c3ccccc3)c2)ncc1[Si](C)(C)C.[Ir]. The zero-order valence-electron chi connectivity index (χ0n) is 35.5. The van der Waals surface area contributed by atoms with Crippen molar-refractivity contribution < 1.29 is 25.9 Å². The maximum Gasteiger partial charge on any atom is 0.128 e. The van der Waals surface area contributed by atoms with Gasteiger partial charge < -0.3 is 14.4 Å². The molecule has 0 saturated heterocycles. The predicted molar refractivity (Wildman–Crippen MR) is 240 cm³/mol. The minimum Gasteiger partial charge on any atom is -0.500 e. The van der Waals surface area contributed by atoms with Crippen molar-refractivity contribution in [2.45, 2.75) is 66.6 Å². The van der Waals surface area contributed by atoms with Crippen molar-refractivity contribution in [3.8, 4) is 50.8 Å². The van der Waals surface area contributed by atoms with Crippen LogP contribution in [-0.2, 0) is 26.5 Å². The Morgan fingerprint density at radius 1 is 0.759 bits per heavy atom. The van der Waals surface area contributed by atoms with E-state index >= 15 is 0 Å². The van der Waals surface area contributed by atoms with E-state index in [1.54, 1.807) is 6.07 Å². The minimum absolute atomic E-state index is 0. The van der Waals surface area contributed by atoms with Gasteiger partial charge in [-0.05, 0) is 57.1 Å². The normalized spacial score (nSPS) is 11.9. The molecule has 293 valence electrons. The van der Waals surface area contributed by atoms with E-state index in [1.165, 1.54) is 10.8 Å². The van der Waals surface area contributed by atoms with Gasteiger partial charge in [0, 0.05) is 50.9 Å². The number of hydrogen-bond donors (Lipinski definition) is 0. The van der Waals surface area contributed by atoms with Crippen molar-refractivity contribution in [1.29, 1.82) is 5.26 Å². The van der Waals surface area contributed by atoms with Crippen molar-refractivity contribution in [1.82, 2.24) is 9.97 Å². The van der Waals surface area contributed by atoms with Crippen molar-refractivity contribution >= 4 is 35.2 Å². The molecule has 6 heteroatoms. The summed E-state index contributed by atoms with van der Waals surface area (Å²) in [5, 5.41) is 12.9. The fraction of sp³-hybridized carbons (Fsp3) is 0.212. The van der Waals surface area contributed by atoms with Crippen LogP contribution in [-0.4, -0.2) is 18.0 Å². The molecule has 0 N–H and O–H groups in total. The fourth-order valence-corrected chi connectivity index (χ4v) is 8.86. The Morgan fingerprint density at radius 3 is 2.03 bits per heavy atom. The molecule has 0 aliphatic rings. The van der Waals surface area contributed by atoms with Gasteiger partial charge in [0.25, 0.3) is 0 Å². The molecule has 8 rings (SSSR count). The topological polar surface area (TPSA) is 62.7 Å². The molecule has 0 bridgehead atoms. The first kappa shape index (κ1) is 40.7. The Bertz CT molecular complexity index is 2770. The second-order valence-electron chi connectivity index (χ2n) is 17.1. The Balaban J connectivity index is 0.000000196. The monoisotopic (exact) mass is 953 g/mol. The third kappa shape index (κ3) is 9.46. The van der Waals surface area contributed by atoms with Crippen LogP contribution in [0, 0.1) is 28.9 Å². The number of aromatic nitrogens is 2. The largest absolute Gasteiger partial charge is 0.500 e. The van der Waals surface area contributed by atoms with Crippen LogP contribution in [0.2, 0.25) is 19.6 Å². The van der Waals surface area contributed by atoms with Gasteiger partial charge in [-0.2, -0.15) is 0 Å². The molecule has 0 spiro atoms. The average Bonchev–Trinajstić information content (AvgIpc) is 3.58. The number of nitriles is 1. The molecule has 4 nitrogen and oxygen atoms in total. The van der Waals surface area contributed by atoms with Crippen LogP contribution < -0.4 is 5.19 Å². The van der Waals surface area contributed by atoms with Gasteiger partial charge in [0.1, 0.15) is 5.58 Å².